The molecule has 0 fully saturated rings. The van der Waals surface area contributed by atoms with Crippen molar-refractivity contribution in [3.05, 3.63) is 39.9 Å². The topological polar surface area (TPSA) is 91.7 Å². The molecule has 1 aromatic carbocycles. The van der Waals surface area contributed by atoms with Crippen molar-refractivity contribution in [1.29, 1.82) is 0 Å². The zero-order valence-electron chi connectivity index (χ0n) is 13.3. The first-order chi connectivity index (χ1) is 11.9. The molecule has 0 aliphatic rings. The van der Waals surface area contributed by atoms with Crippen molar-refractivity contribution < 1.29 is 39.7 Å². The lowest BCUT2D eigenvalue weighted by atomic mass is 10.1. The first-order valence-corrected chi connectivity index (χ1v) is 8.31. The lowest BCUT2D eigenvalue weighted by Crippen LogP contribution is -2.32. The molecule has 0 aliphatic carbocycles. The van der Waals surface area contributed by atoms with Gasteiger partial charge < -0.3 is 13.5 Å². The molecular formula is C14H11F4NO6S. The maximum Gasteiger partial charge on any atom is 0.534 e. The lowest BCUT2D eigenvalue weighted by molar-refractivity contribution is -0.0500. The van der Waals surface area contributed by atoms with Gasteiger partial charge in [0.2, 0.25) is 0 Å². The van der Waals surface area contributed by atoms with Crippen molar-refractivity contribution in [1.82, 2.24) is 4.57 Å². The number of carbonyl (C=O) groups is 1. The molecule has 0 radical (unpaired) electrons. The molecule has 0 spiro atoms. The highest BCUT2D eigenvalue weighted by Crippen LogP contribution is 2.33. The van der Waals surface area contributed by atoms with Gasteiger partial charge in [-0.3, -0.25) is 4.79 Å². The van der Waals surface area contributed by atoms with Crippen LogP contribution in [-0.2, 0) is 21.9 Å². The van der Waals surface area contributed by atoms with Gasteiger partial charge in [0.1, 0.15) is 5.82 Å². The van der Waals surface area contributed by atoms with Crippen LogP contribution in [0.2, 0.25) is 0 Å². The smallest absolute Gasteiger partial charge is 0.462 e. The Balaban J connectivity index is 2.94. The van der Waals surface area contributed by atoms with Gasteiger partial charge in [0, 0.05) is 12.4 Å². The van der Waals surface area contributed by atoms with Crippen LogP contribution in [0.25, 0.3) is 10.9 Å². The molecule has 1 heterocycles. The number of alkyl halides is 3. The first kappa shape index (κ1) is 19.7. The second-order valence-corrected chi connectivity index (χ2v) is 6.47. The van der Waals surface area contributed by atoms with Gasteiger partial charge in [-0.25, -0.2) is 9.18 Å². The lowest BCUT2D eigenvalue weighted by Gasteiger charge is -2.16. The number of pyridine rings is 1. The molecule has 0 aliphatic heterocycles. The van der Waals surface area contributed by atoms with E-state index in [1.807, 2.05) is 0 Å². The maximum absolute atomic E-state index is 13.6. The van der Waals surface area contributed by atoms with Crippen LogP contribution in [0.5, 0.6) is 5.75 Å². The predicted octanol–water partition coefficient (Wildman–Crippen LogP) is 2.08. The minimum atomic E-state index is -6.23. The number of benzene rings is 1. The van der Waals surface area contributed by atoms with Crippen LogP contribution in [0.4, 0.5) is 17.6 Å². The molecule has 2 rings (SSSR count). The van der Waals surface area contributed by atoms with Crippen LogP contribution in [0.1, 0.15) is 17.3 Å². The Morgan fingerprint density at radius 2 is 1.88 bits per heavy atom. The maximum atomic E-state index is 13.6. The summed E-state index contributed by atoms with van der Waals surface area (Å²) >= 11 is 0. The van der Waals surface area contributed by atoms with Gasteiger partial charge in [0.15, 0.2) is 11.3 Å². The van der Waals surface area contributed by atoms with Crippen molar-refractivity contribution in [3.8, 4) is 5.75 Å². The summed E-state index contributed by atoms with van der Waals surface area (Å²) in [5.41, 5.74) is -8.26. The van der Waals surface area contributed by atoms with Gasteiger partial charge >= 0.3 is 21.6 Å². The van der Waals surface area contributed by atoms with E-state index < -0.39 is 49.7 Å². The molecule has 0 bridgehead atoms. The summed E-state index contributed by atoms with van der Waals surface area (Å²) in [5.74, 6) is -3.62. The molecule has 0 saturated carbocycles. The van der Waals surface area contributed by atoms with E-state index in [2.05, 4.69) is 8.92 Å². The molecule has 0 N–H and O–H groups in total. The summed E-state index contributed by atoms with van der Waals surface area (Å²) in [4.78, 5) is 24.4. The standard InChI is InChI=1S/C14H11F4NO6S/c1-3-24-13(21)10-11(25-26(22,23)14(16,17)18)8-6-7(15)4-5-9(8)19(2)12(10)20/h4-6H,3H2,1-2H3. The molecule has 0 unspecified atom stereocenters. The largest absolute Gasteiger partial charge is 0.534 e. The minimum Gasteiger partial charge on any atom is -0.462 e. The van der Waals surface area contributed by atoms with E-state index in [4.69, 9.17) is 0 Å². The fourth-order valence-electron chi connectivity index (χ4n) is 2.12. The Bertz CT molecular complexity index is 1040. The van der Waals surface area contributed by atoms with E-state index in [0.717, 1.165) is 23.7 Å². The van der Waals surface area contributed by atoms with Gasteiger partial charge in [0.05, 0.1) is 12.1 Å². The Morgan fingerprint density at radius 3 is 2.42 bits per heavy atom. The van der Waals surface area contributed by atoms with E-state index in [0.29, 0.717) is 6.07 Å². The van der Waals surface area contributed by atoms with Crippen LogP contribution in [-0.4, -0.2) is 31.1 Å². The normalized spacial score (nSPS) is 12.2. The molecule has 1 aromatic heterocycles. The van der Waals surface area contributed by atoms with Crippen LogP contribution < -0.4 is 9.74 Å². The highest BCUT2D eigenvalue weighted by Gasteiger charge is 2.49. The summed E-state index contributed by atoms with van der Waals surface area (Å²) in [6.07, 6.45) is 0. The second kappa shape index (κ2) is 6.59. The van der Waals surface area contributed by atoms with Gasteiger partial charge in [-0.1, -0.05) is 0 Å². The predicted molar refractivity (Wildman–Crippen MR) is 80.7 cm³/mol. The second-order valence-electron chi connectivity index (χ2n) is 4.93. The first-order valence-electron chi connectivity index (χ1n) is 6.90. The molecule has 12 heteroatoms. The van der Waals surface area contributed by atoms with E-state index in [1.54, 1.807) is 0 Å². The number of hydrogen-bond donors (Lipinski definition) is 0. The Kier molecular flexibility index (Phi) is 4.99. The van der Waals surface area contributed by atoms with Crippen molar-refractivity contribution in [3.63, 3.8) is 0 Å². The quantitative estimate of drug-likeness (QED) is 0.340. The number of aromatic nitrogens is 1. The molecule has 0 amide bonds. The number of aryl methyl sites for hydroxylation is 1. The fraction of sp³-hybridized carbons (Fsp3) is 0.286. The Labute approximate surface area is 143 Å². The molecule has 0 saturated heterocycles. The number of rotatable bonds is 4. The van der Waals surface area contributed by atoms with E-state index in [1.165, 1.54) is 6.92 Å². The highest BCUT2D eigenvalue weighted by atomic mass is 32.2. The summed E-state index contributed by atoms with van der Waals surface area (Å²) in [5, 5.41) is -0.525. The monoisotopic (exact) mass is 397 g/mol. The van der Waals surface area contributed by atoms with Crippen molar-refractivity contribution >= 4 is 27.0 Å². The van der Waals surface area contributed by atoms with E-state index in [-0.39, 0.29) is 12.1 Å². The third kappa shape index (κ3) is 3.36. The third-order valence-corrected chi connectivity index (χ3v) is 4.22. The van der Waals surface area contributed by atoms with Crippen molar-refractivity contribution in [2.45, 2.75) is 12.4 Å². The summed E-state index contributed by atoms with van der Waals surface area (Å²) in [7, 11) is -5.07. The summed E-state index contributed by atoms with van der Waals surface area (Å²) in [6.45, 7) is 1.10. The molecule has 142 valence electrons. The van der Waals surface area contributed by atoms with Gasteiger partial charge in [-0.05, 0) is 25.1 Å². The zero-order chi connectivity index (χ0) is 19.9. The number of ether oxygens (including phenoxy) is 1. The van der Waals surface area contributed by atoms with Crippen LogP contribution in [0, 0.1) is 5.82 Å². The zero-order valence-corrected chi connectivity index (χ0v) is 14.1. The average Bonchev–Trinajstić information content (AvgIpc) is 2.51. The number of halogens is 4. The SMILES string of the molecule is CCOC(=O)c1c(OS(=O)(=O)C(F)(F)F)c2cc(F)ccc2n(C)c1=O. The third-order valence-electron chi connectivity index (χ3n) is 3.27. The van der Waals surface area contributed by atoms with Gasteiger partial charge in [-0.2, -0.15) is 21.6 Å². The van der Waals surface area contributed by atoms with Crippen molar-refractivity contribution in [2.24, 2.45) is 7.05 Å². The molecule has 2 aromatic rings. The molecular weight excluding hydrogens is 386 g/mol. The number of esters is 1. The van der Waals surface area contributed by atoms with Gasteiger partial charge in [-0.15, -0.1) is 0 Å². The van der Waals surface area contributed by atoms with Crippen molar-refractivity contribution in [2.75, 3.05) is 6.61 Å². The van der Waals surface area contributed by atoms with E-state index in [9.17, 15) is 35.6 Å². The Morgan fingerprint density at radius 1 is 1.27 bits per heavy atom. The van der Waals surface area contributed by atoms with E-state index >= 15 is 0 Å². The number of nitrogens with zero attached hydrogens (tertiary/aromatic N) is 1. The summed E-state index contributed by atoms with van der Waals surface area (Å²) in [6, 6.07) is 2.56. The van der Waals surface area contributed by atoms with Gasteiger partial charge in [0.25, 0.3) is 5.56 Å². The number of hydrogen-bond acceptors (Lipinski definition) is 6. The molecule has 7 nitrogen and oxygen atoms in total. The number of carbonyl (C=O) groups excluding carboxylic acids is 1. The highest BCUT2D eigenvalue weighted by molar-refractivity contribution is 7.88. The molecule has 26 heavy (non-hydrogen) atoms. The number of fused-ring (bicyclic) bond motifs is 1. The minimum absolute atomic E-state index is 0.156. The fourth-order valence-corrected chi connectivity index (χ4v) is 2.61. The summed E-state index contributed by atoms with van der Waals surface area (Å²) < 4.78 is 83.8. The van der Waals surface area contributed by atoms with Crippen LogP contribution in [0.15, 0.2) is 23.0 Å². The average molecular weight is 397 g/mol. The Hall–Kier alpha value is -2.63. The van der Waals surface area contributed by atoms with Crippen LogP contribution in [0.3, 0.4) is 0 Å². The molecule has 0 atom stereocenters. The van der Waals surface area contributed by atoms with Crippen LogP contribution >= 0.6 is 0 Å².